The van der Waals surface area contributed by atoms with Crippen molar-refractivity contribution in [2.75, 3.05) is 0 Å². The maximum atomic E-state index is 10.9. The third-order valence-electron chi connectivity index (χ3n) is 2.21. The van der Waals surface area contributed by atoms with Gasteiger partial charge in [-0.1, -0.05) is 13.8 Å². The van der Waals surface area contributed by atoms with Crippen LogP contribution in [0.15, 0.2) is 0 Å². The number of fused-ring (bicyclic) bond motifs is 1. The standard InChI is InChI=1S/C7H10O2/c1-7(2)3-4(8)5-6(7)9-5/h5-6H,3H2,1-2H3/t5-,6+/m0/s1. The van der Waals surface area contributed by atoms with Crippen LogP contribution in [0.4, 0.5) is 0 Å². The Labute approximate surface area is 54.2 Å². The zero-order chi connectivity index (χ0) is 6.65. The first-order valence-electron chi connectivity index (χ1n) is 3.29. The first-order chi connectivity index (χ1) is 4.11. The molecule has 2 rings (SSSR count). The minimum atomic E-state index is -0.0139. The van der Waals surface area contributed by atoms with Crippen molar-refractivity contribution >= 4 is 5.78 Å². The molecule has 9 heavy (non-hydrogen) atoms. The third kappa shape index (κ3) is 0.568. The lowest BCUT2D eigenvalue weighted by molar-refractivity contribution is -0.121. The van der Waals surface area contributed by atoms with Gasteiger partial charge in [-0.3, -0.25) is 4.79 Å². The summed E-state index contributed by atoms with van der Waals surface area (Å²) in [6.07, 6.45) is 0.951. The quantitative estimate of drug-likeness (QED) is 0.448. The molecule has 0 amide bonds. The molecule has 1 heterocycles. The van der Waals surface area contributed by atoms with Crippen LogP contribution in [0.5, 0.6) is 0 Å². The summed E-state index contributed by atoms with van der Waals surface area (Å²) in [5.41, 5.74) is 0.127. The molecule has 0 aromatic carbocycles. The molecule has 0 bridgehead atoms. The van der Waals surface area contributed by atoms with Crippen LogP contribution in [-0.2, 0) is 9.53 Å². The largest absolute Gasteiger partial charge is 0.361 e. The highest BCUT2D eigenvalue weighted by Crippen LogP contribution is 2.48. The van der Waals surface area contributed by atoms with Crippen LogP contribution in [0.25, 0.3) is 0 Å². The van der Waals surface area contributed by atoms with Gasteiger partial charge in [0.1, 0.15) is 6.10 Å². The molecule has 0 spiro atoms. The minimum absolute atomic E-state index is 0.0139. The van der Waals surface area contributed by atoms with Gasteiger partial charge in [0, 0.05) is 11.8 Å². The maximum Gasteiger partial charge on any atom is 0.164 e. The van der Waals surface area contributed by atoms with Crippen LogP contribution in [0.2, 0.25) is 0 Å². The van der Waals surface area contributed by atoms with E-state index < -0.39 is 0 Å². The molecule has 0 radical (unpaired) electrons. The van der Waals surface area contributed by atoms with E-state index in [1.54, 1.807) is 0 Å². The van der Waals surface area contributed by atoms with Crippen LogP contribution in [0.1, 0.15) is 20.3 Å². The van der Waals surface area contributed by atoms with Crippen molar-refractivity contribution < 1.29 is 9.53 Å². The molecule has 0 aromatic heterocycles. The van der Waals surface area contributed by atoms with E-state index in [0.29, 0.717) is 12.2 Å². The molecule has 2 heteroatoms. The highest BCUT2D eigenvalue weighted by atomic mass is 16.6. The smallest absolute Gasteiger partial charge is 0.164 e. The topological polar surface area (TPSA) is 29.6 Å². The van der Waals surface area contributed by atoms with Crippen molar-refractivity contribution in [3.8, 4) is 0 Å². The van der Waals surface area contributed by atoms with Gasteiger partial charge in [0.2, 0.25) is 0 Å². The van der Waals surface area contributed by atoms with Crippen LogP contribution in [0.3, 0.4) is 0 Å². The van der Waals surface area contributed by atoms with Gasteiger partial charge in [-0.05, 0) is 0 Å². The zero-order valence-electron chi connectivity index (χ0n) is 5.68. The van der Waals surface area contributed by atoms with Gasteiger partial charge in [0.15, 0.2) is 5.78 Å². The number of hydrogen-bond acceptors (Lipinski definition) is 2. The van der Waals surface area contributed by atoms with E-state index in [-0.39, 0.29) is 17.6 Å². The Morgan fingerprint density at radius 1 is 1.67 bits per heavy atom. The zero-order valence-corrected chi connectivity index (χ0v) is 5.68. The number of ether oxygens (including phenoxy) is 1. The molecule has 1 aliphatic heterocycles. The highest BCUT2D eigenvalue weighted by Gasteiger charge is 2.60. The van der Waals surface area contributed by atoms with E-state index in [1.165, 1.54) is 0 Å². The summed E-state index contributed by atoms with van der Waals surface area (Å²) in [7, 11) is 0. The molecule has 2 nitrogen and oxygen atoms in total. The lowest BCUT2D eigenvalue weighted by atomic mass is 9.91. The summed E-state index contributed by atoms with van der Waals surface area (Å²) in [5, 5.41) is 0. The summed E-state index contributed by atoms with van der Waals surface area (Å²) in [6, 6.07) is 0. The first kappa shape index (κ1) is 5.42. The fraction of sp³-hybridized carbons (Fsp3) is 0.857. The predicted octanol–water partition coefficient (Wildman–Crippen LogP) is 0.753. The molecule has 1 saturated carbocycles. The molecule has 0 aromatic rings. The maximum absolute atomic E-state index is 10.9. The lowest BCUT2D eigenvalue weighted by Crippen LogP contribution is -2.15. The summed E-state index contributed by atoms with van der Waals surface area (Å²) >= 11 is 0. The van der Waals surface area contributed by atoms with E-state index >= 15 is 0 Å². The van der Waals surface area contributed by atoms with Gasteiger partial charge in [-0.2, -0.15) is 0 Å². The molecular formula is C7H10O2. The second-order valence-electron chi connectivity index (χ2n) is 3.61. The van der Waals surface area contributed by atoms with Crippen molar-refractivity contribution in [3.63, 3.8) is 0 Å². The predicted molar refractivity (Wildman–Crippen MR) is 32.1 cm³/mol. The Balaban J connectivity index is 2.26. The van der Waals surface area contributed by atoms with E-state index in [1.807, 2.05) is 0 Å². The Hall–Kier alpha value is -0.370. The van der Waals surface area contributed by atoms with Crippen LogP contribution >= 0.6 is 0 Å². The normalized spacial score (nSPS) is 44.9. The van der Waals surface area contributed by atoms with Gasteiger partial charge in [0.25, 0.3) is 0 Å². The fourth-order valence-corrected chi connectivity index (χ4v) is 1.60. The Morgan fingerprint density at radius 3 is 2.44 bits per heavy atom. The molecule has 1 aliphatic carbocycles. The molecule has 2 aliphatic rings. The van der Waals surface area contributed by atoms with Crippen molar-refractivity contribution in [1.82, 2.24) is 0 Å². The highest BCUT2D eigenvalue weighted by molar-refractivity contribution is 5.89. The van der Waals surface area contributed by atoms with Gasteiger partial charge in [-0.15, -0.1) is 0 Å². The second-order valence-corrected chi connectivity index (χ2v) is 3.61. The Morgan fingerprint density at radius 2 is 2.33 bits per heavy atom. The minimum Gasteiger partial charge on any atom is -0.361 e. The third-order valence-corrected chi connectivity index (χ3v) is 2.21. The summed E-state index contributed by atoms with van der Waals surface area (Å²) < 4.78 is 5.13. The van der Waals surface area contributed by atoms with E-state index in [4.69, 9.17) is 4.74 Å². The molecule has 0 unspecified atom stereocenters. The van der Waals surface area contributed by atoms with Crippen molar-refractivity contribution in [1.29, 1.82) is 0 Å². The first-order valence-corrected chi connectivity index (χ1v) is 3.29. The monoisotopic (exact) mass is 126 g/mol. The van der Waals surface area contributed by atoms with E-state index in [2.05, 4.69) is 13.8 Å². The molecule has 2 fully saturated rings. The average molecular weight is 126 g/mol. The van der Waals surface area contributed by atoms with Gasteiger partial charge in [-0.25, -0.2) is 0 Å². The van der Waals surface area contributed by atoms with Gasteiger partial charge in [0.05, 0.1) is 6.10 Å². The SMILES string of the molecule is CC1(C)CC(=O)[C@@H]2O[C@H]21. The number of epoxide rings is 1. The molecule has 2 atom stereocenters. The van der Waals surface area contributed by atoms with Crippen LogP contribution in [-0.4, -0.2) is 18.0 Å². The molecule has 50 valence electrons. The van der Waals surface area contributed by atoms with Gasteiger partial charge >= 0.3 is 0 Å². The fourth-order valence-electron chi connectivity index (χ4n) is 1.60. The number of hydrogen-bond donors (Lipinski definition) is 0. The van der Waals surface area contributed by atoms with Gasteiger partial charge < -0.3 is 4.74 Å². The number of carbonyl (C=O) groups is 1. The van der Waals surface area contributed by atoms with E-state index in [0.717, 1.165) is 0 Å². The van der Waals surface area contributed by atoms with Crippen LogP contribution < -0.4 is 0 Å². The van der Waals surface area contributed by atoms with Crippen LogP contribution in [0, 0.1) is 5.41 Å². The number of Topliss-reactive ketones (excluding diaryl/α,β-unsaturated/α-hetero) is 1. The summed E-state index contributed by atoms with van der Waals surface area (Å²) in [5.74, 6) is 0.296. The van der Waals surface area contributed by atoms with Crippen molar-refractivity contribution in [3.05, 3.63) is 0 Å². The summed E-state index contributed by atoms with van der Waals surface area (Å²) in [6.45, 7) is 4.17. The lowest BCUT2D eigenvalue weighted by Gasteiger charge is -2.15. The average Bonchev–Trinajstić information content (AvgIpc) is 2.33. The summed E-state index contributed by atoms with van der Waals surface area (Å²) in [4.78, 5) is 10.9. The number of carbonyl (C=O) groups excluding carboxylic acids is 1. The number of ketones is 1. The number of rotatable bonds is 0. The van der Waals surface area contributed by atoms with Crippen molar-refractivity contribution in [2.24, 2.45) is 5.41 Å². The van der Waals surface area contributed by atoms with Crippen molar-refractivity contribution in [2.45, 2.75) is 32.5 Å². The molecular weight excluding hydrogens is 116 g/mol. The second kappa shape index (κ2) is 1.21. The molecule has 1 saturated heterocycles. The van der Waals surface area contributed by atoms with E-state index in [9.17, 15) is 4.79 Å². The Kier molecular flexibility index (Phi) is 0.730. The molecule has 0 N–H and O–H groups in total. The Bertz CT molecular complexity index is 172.